The minimum Gasteiger partial charge on any atom is -0.399 e. The average Bonchev–Trinajstić information content (AvgIpc) is 2.99. The van der Waals surface area contributed by atoms with E-state index < -0.39 is 33.9 Å². The third-order valence-corrected chi connectivity index (χ3v) is 8.41. The molecule has 0 unspecified atom stereocenters. The summed E-state index contributed by atoms with van der Waals surface area (Å²) in [6, 6.07) is 17.6. The van der Waals surface area contributed by atoms with Crippen LogP contribution in [0.4, 0.5) is 11.4 Å². The molecule has 6 N–H and O–H groups in total. The summed E-state index contributed by atoms with van der Waals surface area (Å²) < 4.78 is 25.5. The van der Waals surface area contributed by atoms with Gasteiger partial charge in [-0.15, -0.1) is 0 Å². The van der Waals surface area contributed by atoms with Crippen LogP contribution in [0.3, 0.4) is 0 Å². The standard InChI is InChI=1S/C31H39ClN6O5S/c1-5-28(31(41)36-19-21-9-11-26(33)12-10-21)34-13-14-35-29(39)23-15-24(18-27(17-23)38(3)44(4,42)43)30(40)37-20(2)22-7-6-8-25(32)16-22/h6-12,15-18,20,28,34H,5,13-14,19,33H2,1-4H3,(H,35,39)(H,36,41)(H,37,40)/t20-,28+/m1/s1. The van der Waals surface area contributed by atoms with Crippen LogP contribution in [0.2, 0.25) is 5.02 Å². The van der Waals surface area contributed by atoms with E-state index >= 15 is 0 Å². The molecule has 0 fully saturated rings. The highest BCUT2D eigenvalue weighted by molar-refractivity contribution is 7.92. The van der Waals surface area contributed by atoms with Crippen LogP contribution in [0.25, 0.3) is 0 Å². The Labute approximate surface area is 263 Å². The summed E-state index contributed by atoms with van der Waals surface area (Å²) in [6.45, 7) is 4.51. The minimum absolute atomic E-state index is 0.104. The van der Waals surface area contributed by atoms with Gasteiger partial charge in [-0.2, -0.15) is 0 Å². The van der Waals surface area contributed by atoms with Gasteiger partial charge in [0, 0.05) is 48.5 Å². The van der Waals surface area contributed by atoms with E-state index in [9.17, 15) is 22.8 Å². The summed E-state index contributed by atoms with van der Waals surface area (Å²) >= 11 is 6.08. The molecule has 3 amide bonds. The van der Waals surface area contributed by atoms with Crippen LogP contribution in [0.5, 0.6) is 0 Å². The Morgan fingerprint density at radius 2 is 1.59 bits per heavy atom. The van der Waals surface area contributed by atoms with Crippen LogP contribution in [-0.4, -0.2) is 58.6 Å². The van der Waals surface area contributed by atoms with E-state index in [2.05, 4.69) is 21.3 Å². The molecule has 3 aromatic rings. The number of nitrogens with two attached hydrogens (primary N) is 1. The number of carbonyl (C=O) groups is 3. The Kier molecular flexibility index (Phi) is 12.1. The number of nitrogens with one attached hydrogen (secondary N) is 4. The largest absolute Gasteiger partial charge is 0.399 e. The van der Waals surface area contributed by atoms with Crippen molar-refractivity contribution in [1.29, 1.82) is 0 Å². The molecular formula is C31H39ClN6O5S. The molecule has 236 valence electrons. The maximum absolute atomic E-state index is 13.2. The summed E-state index contributed by atoms with van der Waals surface area (Å²) in [4.78, 5) is 39.0. The van der Waals surface area contributed by atoms with Crippen molar-refractivity contribution in [2.24, 2.45) is 0 Å². The van der Waals surface area contributed by atoms with Gasteiger partial charge in [0.05, 0.1) is 24.0 Å². The van der Waals surface area contributed by atoms with Crippen LogP contribution < -0.4 is 31.3 Å². The predicted molar refractivity (Wildman–Crippen MR) is 174 cm³/mol. The second-order valence-electron chi connectivity index (χ2n) is 10.4. The maximum atomic E-state index is 13.2. The summed E-state index contributed by atoms with van der Waals surface area (Å²) in [5.41, 5.74) is 8.42. The van der Waals surface area contributed by atoms with Gasteiger partial charge >= 0.3 is 0 Å². The number of halogens is 1. The van der Waals surface area contributed by atoms with E-state index in [0.29, 0.717) is 30.2 Å². The SMILES string of the molecule is CC[C@H](NCCNC(=O)c1cc(C(=O)N[C@H](C)c2cccc(Cl)c2)cc(N(C)S(C)(=O)=O)c1)C(=O)NCc1ccc(N)cc1. The van der Waals surface area contributed by atoms with E-state index in [1.807, 2.05) is 25.1 Å². The first kappa shape index (κ1) is 34.4. The van der Waals surface area contributed by atoms with Crippen molar-refractivity contribution in [1.82, 2.24) is 21.3 Å². The molecule has 0 heterocycles. The molecule has 0 radical (unpaired) electrons. The molecule has 0 bridgehead atoms. The zero-order valence-electron chi connectivity index (χ0n) is 25.2. The lowest BCUT2D eigenvalue weighted by atomic mass is 10.1. The molecule has 0 aliphatic heterocycles. The Morgan fingerprint density at radius 3 is 2.20 bits per heavy atom. The minimum atomic E-state index is -3.68. The number of hydrogen-bond donors (Lipinski definition) is 5. The fourth-order valence-corrected chi connectivity index (χ4v) is 4.97. The summed E-state index contributed by atoms with van der Waals surface area (Å²) in [5, 5.41) is 12.2. The van der Waals surface area contributed by atoms with Gasteiger partial charge in [0.2, 0.25) is 15.9 Å². The van der Waals surface area contributed by atoms with Crippen LogP contribution >= 0.6 is 11.6 Å². The Morgan fingerprint density at radius 1 is 0.932 bits per heavy atom. The van der Waals surface area contributed by atoms with Gasteiger partial charge in [-0.05, 0) is 66.9 Å². The van der Waals surface area contributed by atoms with Crippen LogP contribution in [0.15, 0.2) is 66.7 Å². The number of nitrogen functional groups attached to an aromatic ring is 1. The molecule has 2 atom stereocenters. The third kappa shape index (κ3) is 9.97. The molecule has 13 heteroatoms. The van der Waals surface area contributed by atoms with Gasteiger partial charge in [-0.1, -0.05) is 42.8 Å². The number of sulfonamides is 1. The molecular weight excluding hydrogens is 604 g/mol. The maximum Gasteiger partial charge on any atom is 0.251 e. The van der Waals surface area contributed by atoms with Crippen LogP contribution in [0.1, 0.15) is 58.2 Å². The lowest BCUT2D eigenvalue weighted by Gasteiger charge is -2.20. The second-order valence-corrected chi connectivity index (χ2v) is 12.8. The van der Waals surface area contributed by atoms with Crippen molar-refractivity contribution in [2.45, 2.75) is 38.9 Å². The molecule has 0 saturated carbocycles. The number of carbonyl (C=O) groups excluding carboxylic acids is 3. The van der Waals surface area contributed by atoms with Gasteiger partial charge in [0.1, 0.15) is 0 Å². The first-order chi connectivity index (χ1) is 20.8. The number of benzene rings is 3. The number of rotatable bonds is 14. The molecule has 0 saturated heterocycles. The number of anilines is 2. The molecule has 0 spiro atoms. The Balaban J connectivity index is 1.65. The molecule has 0 aliphatic carbocycles. The molecule has 0 aromatic heterocycles. The fraction of sp³-hybridized carbons (Fsp3) is 0.323. The Hall–Kier alpha value is -4.13. The summed E-state index contributed by atoms with van der Waals surface area (Å²) in [5.74, 6) is -1.17. The molecule has 3 rings (SSSR count). The monoisotopic (exact) mass is 642 g/mol. The third-order valence-electron chi connectivity index (χ3n) is 6.97. The number of hydrogen-bond acceptors (Lipinski definition) is 7. The number of nitrogens with zero attached hydrogens (tertiary/aromatic N) is 1. The smallest absolute Gasteiger partial charge is 0.251 e. The van der Waals surface area contributed by atoms with Crippen molar-refractivity contribution < 1.29 is 22.8 Å². The van der Waals surface area contributed by atoms with Gasteiger partial charge in [-0.25, -0.2) is 8.42 Å². The second kappa shape index (κ2) is 15.6. The Bertz CT molecular complexity index is 1580. The highest BCUT2D eigenvalue weighted by atomic mass is 35.5. The van der Waals surface area contributed by atoms with Crippen molar-refractivity contribution in [3.8, 4) is 0 Å². The predicted octanol–water partition coefficient (Wildman–Crippen LogP) is 3.22. The summed E-state index contributed by atoms with van der Waals surface area (Å²) in [6.07, 6.45) is 1.57. The fourth-order valence-electron chi connectivity index (χ4n) is 4.28. The van der Waals surface area contributed by atoms with E-state index in [1.165, 1.54) is 25.2 Å². The van der Waals surface area contributed by atoms with E-state index in [1.54, 1.807) is 37.3 Å². The van der Waals surface area contributed by atoms with Gasteiger partial charge in [0.25, 0.3) is 11.8 Å². The zero-order chi connectivity index (χ0) is 32.4. The lowest BCUT2D eigenvalue weighted by Crippen LogP contribution is -2.46. The first-order valence-corrected chi connectivity index (χ1v) is 16.3. The summed E-state index contributed by atoms with van der Waals surface area (Å²) in [7, 11) is -2.33. The highest BCUT2D eigenvalue weighted by Crippen LogP contribution is 2.22. The normalized spacial score (nSPS) is 12.6. The molecule has 3 aromatic carbocycles. The van der Waals surface area contributed by atoms with Crippen molar-refractivity contribution in [3.63, 3.8) is 0 Å². The first-order valence-electron chi connectivity index (χ1n) is 14.1. The van der Waals surface area contributed by atoms with Gasteiger partial charge in [0.15, 0.2) is 0 Å². The molecule has 44 heavy (non-hydrogen) atoms. The molecule has 0 aliphatic rings. The van der Waals surface area contributed by atoms with Gasteiger partial charge in [-0.3, -0.25) is 18.7 Å². The lowest BCUT2D eigenvalue weighted by molar-refractivity contribution is -0.123. The molecule has 11 nitrogen and oxygen atoms in total. The number of amides is 3. The quantitative estimate of drug-likeness (QED) is 0.133. The van der Waals surface area contributed by atoms with E-state index in [0.717, 1.165) is 21.7 Å². The zero-order valence-corrected chi connectivity index (χ0v) is 26.8. The van der Waals surface area contributed by atoms with Crippen molar-refractivity contribution in [2.75, 3.05) is 36.4 Å². The van der Waals surface area contributed by atoms with Crippen molar-refractivity contribution in [3.05, 3.63) is 94.0 Å². The van der Waals surface area contributed by atoms with Crippen LogP contribution in [0, 0.1) is 0 Å². The van der Waals surface area contributed by atoms with Gasteiger partial charge < -0.3 is 27.0 Å². The van der Waals surface area contributed by atoms with E-state index in [4.69, 9.17) is 17.3 Å². The van der Waals surface area contributed by atoms with Crippen LogP contribution in [-0.2, 0) is 21.4 Å². The average molecular weight is 643 g/mol. The highest BCUT2D eigenvalue weighted by Gasteiger charge is 2.20. The van der Waals surface area contributed by atoms with E-state index in [-0.39, 0.29) is 29.3 Å². The topological polar surface area (TPSA) is 163 Å². The van der Waals surface area contributed by atoms with Crippen molar-refractivity contribution >= 4 is 50.7 Å².